The maximum atomic E-state index is 12.2. The van der Waals surface area contributed by atoms with Gasteiger partial charge in [0.15, 0.2) is 5.96 Å². The van der Waals surface area contributed by atoms with Crippen molar-refractivity contribution in [2.24, 2.45) is 10.7 Å². The van der Waals surface area contributed by atoms with Crippen LogP contribution in [0.15, 0.2) is 29.3 Å². The van der Waals surface area contributed by atoms with Gasteiger partial charge in [-0.3, -0.25) is 19.5 Å². The van der Waals surface area contributed by atoms with E-state index >= 15 is 0 Å². The SMILES string of the molecule is CCN(CC)C(N)=NCCCCN1C(=O)c2ccccc2C1=O. The Morgan fingerprint density at radius 2 is 1.65 bits per heavy atom. The molecule has 0 spiro atoms. The number of imide groups is 1. The molecule has 2 amide bonds. The first-order valence-corrected chi connectivity index (χ1v) is 8.10. The lowest BCUT2D eigenvalue weighted by molar-refractivity contribution is 0.0652. The van der Waals surface area contributed by atoms with Gasteiger partial charge in [-0.05, 0) is 38.8 Å². The molecular formula is C17H24N4O2. The number of guanidine groups is 1. The number of fused-ring (bicyclic) bond motifs is 1. The number of amides is 2. The summed E-state index contributed by atoms with van der Waals surface area (Å²) in [6.45, 7) is 6.77. The second-order valence-corrected chi connectivity index (χ2v) is 5.43. The van der Waals surface area contributed by atoms with Crippen LogP contribution in [0.5, 0.6) is 0 Å². The van der Waals surface area contributed by atoms with Gasteiger partial charge in [-0.1, -0.05) is 12.1 Å². The summed E-state index contributed by atoms with van der Waals surface area (Å²) >= 11 is 0. The molecule has 0 radical (unpaired) electrons. The summed E-state index contributed by atoms with van der Waals surface area (Å²) in [6, 6.07) is 6.95. The van der Waals surface area contributed by atoms with E-state index in [0.717, 1.165) is 25.9 Å². The number of benzene rings is 1. The third kappa shape index (κ3) is 3.70. The van der Waals surface area contributed by atoms with Gasteiger partial charge in [-0.2, -0.15) is 0 Å². The fourth-order valence-corrected chi connectivity index (χ4v) is 2.67. The molecule has 1 aromatic carbocycles. The number of unbranched alkanes of at least 4 members (excludes halogenated alkanes) is 1. The van der Waals surface area contributed by atoms with Crippen molar-refractivity contribution in [3.63, 3.8) is 0 Å². The molecule has 2 rings (SSSR count). The van der Waals surface area contributed by atoms with E-state index in [1.54, 1.807) is 24.3 Å². The highest BCUT2D eigenvalue weighted by atomic mass is 16.2. The van der Waals surface area contributed by atoms with Crippen LogP contribution in [0.2, 0.25) is 0 Å². The molecule has 1 aliphatic heterocycles. The molecule has 0 aliphatic carbocycles. The van der Waals surface area contributed by atoms with Crippen LogP contribution in [0, 0.1) is 0 Å². The third-order valence-corrected chi connectivity index (χ3v) is 4.03. The van der Waals surface area contributed by atoms with Crippen molar-refractivity contribution in [2.75, 3.05) is 26.2 Å². The topological polar surface area (TPSA) is 79.0 Å². The maximum Gasteiger partial charge on any atom is 0.261 e. The molecule has 0 bridgehead atoms. The Bertz CT molecular complexity index is 573. The molecule has 1 aromatic rings. The molecule has 0 atom stereocenters. The van der Waals surface area contributed by atoms with E-state index < -0.39 is 0 Å². The predicted molar refractivity (Wildman–Crippen MR) is 90.5 cm³/mol. The average molecular weight is 316 g/mol. The Kier molecular flexibility index (Phi) is 5.73. The van der Waals surface area contributed by atoms with Gasteiger partial charge >= 0.3 is 0 Å². The summed E-state index contributed by atoms with van der Waals surface area (Å²) in [5.74, 6) is 0.157. The first kappa shape index (κ1) is 17.0. The average Bonchev–Trinajstić information content (AvgIpc) is 2.81. The van der Waals surface area contributed by atoms with Crippen LogP contribution in [-0.4, -0.2) is 53.8 Å². The van der Waals surface area contributed by atoms with Crippen molar-refractivity contribution in [3.8, 4) is 0 Å². The zero-order valence-electron chi connectivity index (χ0n) is 13.8. The minimum Gasteiger partial charge on any atom is -0.370 e. The van der Waals surface area contributed by atoms with Crippen LogP contribution in [0.1, 0.15) is 47.4 Å². The highest BCUT2D eigenvalue weighted by Gasteiger charge is 2.34. The van der Waals surface area contributed by atoms with E-state index in [-0.39, 0.29) is 11.8 Å². The van der Waals surface area contributed by atoms with E-state index in [0.29, 0.717) is 30.2 Å². The molecule has 0 fully saturated rings. The monoisotopic (exact) mass is 316 g/mol. The van der Waals surface area contributed by atoms with Gasteiger partial charge in [0, 0.05) is 26.2 Å². The van der Waals surface area contributed by atoms with E-state index in [1.807, 2.05) is 18.7 Å². The first-order valence-electron chi connectivity index (χ1n) is 8.10. The molecule has 6 nitrogen and oxygen atoms in total. The van der Waals surface area contributed by atoms with Crippen molar-refractivity contribution >= 4 is 17.8 Å². The predicted octanol–water partition coefficient (Wildman–Crippen LogP) is 1.72. The summed E-state index contributed by atoms with van der Waals surface area (Å²) in [5, 5.41) is 0. The van der Waals surface area contributed by atoms with Crippen molar-refractivity contribution in [1.29, 1.82) is 0 Å². The van der Waals surface area contributed by atoms with Crippen molar-refractivity contribution in [1.82, 2.24) is 9.80 Å². The molecule has 1 aliphatic rings. The molecule has 6 heteroatoms. The minimum absolute atomic E-state index is 0.197. The van der Waals surface area contributed by atoms with Gasteiger partial charge in [0.2, 0.25) is 0 Å². The number of hydrogen-bond donors (Lipinski definition) is 1. The van der Waals surface area contributed by atoms with E-state index in [2.05, 4.69) is 4.99 Å². The van der Waals surface area contributed by atoms with Crippen molar-refractivity contribution in [2.45, 2.75) is 26.7 Å². The Morgan fingerprint density at radius 1 is 1.09 bits per heavy atom. The highest BCUT2D eigenvalue weighted by molar-refractivity contribution is 6.21. The van der Waals surface area contributed by atoms with Crippen molar-refractivity contribution < 1.29 is 9.59 Å². The van der Waals surface area contributed by atoms with E-state index in [1.165, 1.54) is 4.90 Å². The fraction of sp³-hybridized carbons (Fsp3) is 0.471. The summed E-state index contributed by atoms with van der Waals surface area (Å²) < 4.78 is 0. The number of nitrogens with zero attached hydrogens (tertiary/aromatic N) is 3. The molecular weight excluding hydrogens is 292 g/mol. The number of rotatable bonds is 7. The third-order valence-electron chi connectivity index (χ3n) is 4.03. The second-order valence-electron chi connectivity index (χ2n) is 5.43. The molecule has 2 N–H and O–H groups in total. The Balaban J connectivity index is 1.81. The summed E-state index contributed by atoms with van der Waals surface area (Å²) in [6.07, 6.45) is 1.51. The normalized spacial score (nSPS) is 14.3. The first-order chi connectivity index (χ1) is 11.1. The van der Waals surface area contributed by atoms with Gasteiger partial charge < -0.3 is 10.6 Å². The van der Waals surface area contributed by atoms with E-state index in [4.69, 9.17) is 5.73 Å². The molecule has 23 heavy (non-hydrogen) atoms. The molecule has 124 valence electrons. The van der Waals surface area contributed by atoms with Crippen LogP contribution in [0.3, 0.4) is 0 Å². The molecule has 0 saturated heterocycles. The van der Waals surface area contributed by atoms with Gasteiger partial charge in [-0.25, -0.2) is 0 Å². The molecule has 0 saturated carbocycles. The minimum atomic E-state index is -0.197. The smallest absolute Gasteiger partial charge is 0.261 e. The number of nitrogens with two attached hydrogens (primary N) is 1. The Labute approximate surface area is 137 Å². The van der Waals surface area contributed by atoms with Gasteiger partial charge in [0.1, 0.15) is 0 Å². The summed E-state index contributed by atoms with van der Waals surface area (Å²) in [7, 11) is 0. The van der Waals surface area contributed by atoms with Crippen LogP contribution in [0.4, 0.5) is 0 Å². The molecule has 0 unspecified atom stereocenters. The standard InChI is InChI=1S/C17H24N4O2/c1-3-20(4-2)17(18)19-11-7-8-12-21-15(22)13-9-5-6-10-14(13)16(21)23/h5-6,9-10H,3-4,7-8,11-12H2,1-2H3,(H2,18,19). The van der Waals surface area contributed by atoms with Gasteiger partial charge in [0.25, 0.3) is 11.8 Å². The van der Waals surface area contributed by atoms with E-state index in [9.17, 15) is 9.59 Å². The van der Waals surface area contributed by atoms with Crippen LogP contribution >= 0.6 is 0 Å². The quantitative estimate of drug-likeness (QED) is 0.359. The Morgan fingerprint density at radius 3 is 2.17 bits per heavy atom. The zero-order chi connectivity index (χ0) is 16.8. The number of carbonyl (C=O) groups is 2. The second kappa shape index (κ2) is 7.76. The van der Waals surface area contributed by atoms with Gasteiger partial charge in [0.05, 0.1) is 11.1 Å². The van der Waals surface area contributed by atoms with Crippen LogP contribution < -0.4 is 5.73 Å². The molecule has 1 heterocycles. The lowest BCUT2D eigenvalue weighted by atomic mass is 10.1. The van der Waals surface area contributed by atoms with Gasteiger partial charge in [-0.15, -0.1) is 0 Å². The van der Waals surface area contributed by atoms with Crippen LogP contribution in [-0.2, 0) is 0 Å². The fourth-order valence-electron chi connectivity index (χ4n) is 2.67. The van der Waals surface area contributed by atoms with Crippen molar-refractivity contribution in [3.05, 3.63) is 35.4 Å². The number of aliphatic imine (C=N–C) groups is 1. The summed E-state index contributed by atoms with van der Waals surface area (Å²) in [5.41, 5.74) is 6.90. The highest BCUT2D eigenvalue weighted by Crippen LogP contribution is 2.22. The number of hydrogen-bond acceptors (Lipinski definition) is 3. The molecule has 0 aromatic heterocycles. The summed E-state index contributed by atoms with van der Waals surface area (Å²) in [4.78, 5) is 32.0. The largest absolute Gasteiger partial charge is 0.370 e. The number of carbonyl (C=O) groups excluding carboxylic acids is 2. The lowest BCUT2D eigenvalue weighted by Gasteiger charge is -2.19. The maximum absolute atomic E-state index is 12.2. The van der Waals surface area contributed by atoms with Crippen LogP contribution in [0.25, 0.3) is 0 Å². The lowest BCUT2D eigenvalue weighted by Crippen LogP contribution is -2.37. The Hall–Kier alpha value is -2.37. The zero-order valence-corrected chi connectivity index (χ0v) is 13.8.